The summed E-state index contributed by atoms with van der Waals surface area (Å²) in [7, 11) is 0. The van der Waals surface area contributed by atoms with Crippen LogP contribution in [-0.4, -0.2) is 16.9 Å². The molecule has 0 N–H and O–H groups in total. The number of hydrogen-bond acceptors (Lipinski definition) is 3. The maximum absolute atomic E-state index is 13.1. The van der Waals surface area contributed by atoms with E-state index < -0.39 is 6.10 Å². The van der Waals surface area contributed by atoms with Gasteiger partial charge in [-0.25, -0.2) is 0 Å². The normalized spacial score (nSPS) is 11.3. The molecule has 0 saturated heterocycles. The van der Waals surface area contributed by atoms with Crippen molar-refractivity contribution in [2.24, 2.45) is 0 Å². The van der Waals surface area contributed by atoms with Crippen LogP contribution in [0.4, 0.5) is 0 Å². The molecule has 140 valence electrons. The second-order valence-electron chi connectivity index (χ2n) is 6.57. The number of carbonyl (C=O) groups is 1. The molecule has 3 aromatic rings. The molecule has 1 atom stereocenters. The van der Waals surface area contributed by atoms with Gasteiger partial charge in [0.15, 0.2) is 6.10 Å². The first kappa shape index (κ1) is 19.2. The van der Waals surface area contributed by atoms with Crippen LogP contribution in [0.5, 0.6) is 5.75 Å². The number of nitrogens with zero attached hydrogens (tertiary/aromatic N) is 2. The SMILES string of the molecule is C[C@@H](Oc1cccc(C#N)c1)C(=O)N(Cc1ccccc1)Cc1ccccc1. The van der Waals surface area contributed by atoms with Gasteiger partial charge in [-0.15, -0.1) is 0 Å². The van der Waals surface area contributed by atoms with Gasteiger partial charge in [0.25, 0.3) is 5.91 Å². The van der Waals surface area contributed by atoms with Crippen molar-refractivity contribution in [3.05, 3.63) is 102 Å². The number of carbonyl (C=O) groups excluding carboxylic acids is 1. The summed E-state index contributed by atoms with van der Waals surface area (Å²) in [4.78, 5) is 14.9. The molecule has 0 saturated carbocycles. The van der Waals surface area contributed by atoms with E-state index in [1.807, 2.05) is 60.7 Å². The standard InChI is InChI=1S/C24H22N2O2/c1-19(28-23-14-8-13-22(15-23)16-25)24(27)26(17-20-9-4-2-5-10-20)18-21-11-6-3-7-12-21/h2-15,19H,17-18H2,1H3/t19-/m1/s1. The summed E-state index contributed by atoms with van der Waals surface area (Å²) >= 11 is 0. The monoisotopic (exact) mass is 370 g/mol. The highest BCUT2D eigenvalue weighted by Gasteiger charge is 2.22. The minimum absolute atomic E-state index is 0.102. The maximum atomic E-state index is 13.1. The van der Waals surface area contributed by atoms with E-state index in [1.54, 1.807) is 36.1 Å². The minimum atomic E-state index is -0.665. The lowest BCUT2D eigenvalue weighted by Gasteiger charge is -2.26. The van der Waals surface area contributed by atoms with Crippen molar-refractivity contribution in [1.29, 1.82) is 5.26 Å². The Kier molecular flexibility index (Phi) is 6.43. The maximum Gasteiger partial charge on any atom is 0.263 e. The zero-order valence-electron chi connectivity index (χ0n) is 15.8. The molecular formula is C24H22N2O2. The molecule has 4 nitrogen and oxygen atoms in total. The van der Waals surface area contributed by atoms with Crippen molar-refractivity contribution < 1.29 is 9.53 Å². The average Bonchev–Trinajstić information content (AvgIpc) is 2.74. The molecule has 3 rings (SSSR count). The van der Waals surface area contributed by atoms with Crippen LogP contribution < -0.4 is 4.74 Å². The van der Waals surface area contributed by atoms with E-state index in [4.69, 9.17) is 10.00 Å². The quantitative estimate of drug-likeness (QED) is 0.613. The lowest BCUT2D eigenvalue weighted by molar-refractivity contribution is -0.139. The van der Waals surface area contributed by atoms with Gasteiger partial charge in [0.1, 0.15) is 5.75 Å². The molecule has 3 aromatic carbocycles. The zero-order valence-corrected chi connectivity index (χ0v) is 15.8. The third kappa shape index (κ3) is 5.21. The molecule has 0 bridgehead atoms. The summed E-state index contributed by atoms with van der Waals surface area (Å²) in [5.74, 6) is 0.411. The van der Waals surface area contributed by atoms with E-state index in [1.165, 1.54) is 0 Å². The summed E-state index contributed by atoms with van der Waals surface area (Å²) in [5, 5.41) is 9.04. The van der Waals surface area contributed by atoms with E-state index in [0.29, 0.717) is 24.4 Å². The Bertz CT molecular complexity index is 908. The Morgan fingerprint density at radius 2 is 1.50 bits per heavy atom. The van der Waals surface area contributed by atoms with Crippen molar-refractivity contribution >= 4 is 5.91 Å². The summed E-state index contributed by atoms with van der Waals surface area (Å²) in [6, 6.07) is 28.7. The molecule has 0 aliphatic rings. The van der Waals surface area contributed by atoms with Crippen molar-refractivity contribution in [3.8, 4) is 11.8 Å². The highest BCUT2D eigenvalue weighted by molar-refractivity contribution is 5.81. The predicted molar refractivity (Wildman–Crippen MR) is 108 cm³/mol. The summed E-state index contributed by atoms with van der Waals surface area (Å²) in [6.07, 6.45) is -0.665. The molecule has 0 fully saturated rings. The van der Waals surface area contributed by atoms with Crippen LogP contribution >= 0.6 is 0 Å². The van der Waals surface area contributed by atoms with Gasteiger partial charge < -0.3 is 9.64 Å². The summed E-state index contributed by atoms with van der Waals surface area (Å²) in [6.45, 7) is 2.74. The number of ether oxygens (including phenoxy) is 1. The van der Waals surface area contributed by atoms with Crippen LogP contribution in [0.2, 0.25) is 0 Å². The fourth-order valence-corrected chi connectivity index (χ4v) is 2.97. The van der Waals surface area contributed by atoms with Crippen molar-refractivity contribution in [2.45, 2.75) is 26.1 Å². The van der Waals surface area contributed by atoms with Gasteiger partial charge in [-0.1, -0.05) is 66.7 Å². The van der Waals surface area contributed by atoms with Gasteiger partial charge in [-0.2, -0.15) is 5.26 Å². The molecule has 4 heteroatoms. The van der Waals surface area contributed by atoms with Gasteiger partial charge in [0.2, 0.25) is 0 Å². The zero-order chi connectivity index (χ0) is 19.8. The molecule has 1 amide bonds. The second-order valence-corrected chi connectivity index (χ2v) is 6.57. The lowest BCUT2D eigenvalue weighted by atomic mass is 10.1. The van der Waals surface area contributed by atoms with Crippen molar-refractivity contribution in [3.63, 3.8) is 0 Å². The van der Waals surface area contributed by atoms with Gasteiger partial charge in [-0.3, -0.25) is 4.79 Å². The number of rotatable bonds is 7. The Labute approximate surface area is 165 Å². The van der Waals surface area contributed by atoms with Gasteiger partial charge in [0, 0.05) is 13.1 Å². The van der Waals surface area contributed by atoms with Crippen molar-refractivity contribution in [2.75, 3.05) is 0 Å². The number of nitriles is 1. The van der Waals surface area contributed by atoms with E-state index in [2.05, 4.69) is 6.07 Å². The van der Waals surface area contributed by atoms with Gasteiger partial charge in [0.05, 0.1) is 11.6 Å². The van der Waals surface area contributed by atoms with Crippen molar-refractivity contribution in [1.82, 2.24) is 4.90 Å². The first-order valence-corrected chi connectivity index (χ1v) is 9.19. The fraction of sp³-hybridized carbons (Fsp3) is 0.167. The lowest BCUT2D eigenvalue weighted by Crippen LogP contribution is -2.39. The molecule has 0 spiro atoms. The summed E-state index contributed by atoms with van der Waals surface area (Å²) in [5.41, 5.74) is 2.62. The topological polar surface area (TPSA) is 53.3 Å². The minimum Gasteiger partial charge on any atom is -0.481 e. The highest BCUT2D eigenvalue weighted by Crippen LogP contribution is 2.17. The number of benzene rings is 3. The number of hydrogen-bond donors (Lipinski definition) is 0. The molecular weight excluding hydrogens is 348 g/mol. The predicted octanol–water partition coefficient (Wildman–Crippen LogP) is 4.55. The molecule has 28 heavy (non-hydrogen) atoms. The average molecular weight is 370 g/mol. The van der Waals surface area contributed by atoms with E-state index in [9.17, 15) is 4.79 Å². The molecule has 0 aromatic heterocycles. The number of amides is 1. The van der Waals surface area contributed by atoms with Crippen LogP contribution in [0, 0.1) is 11.3 Å². The molecule has 0 aliphatic carbocycles. The van der Waals surface area contributed by atoms with Crippen LogP contribution in [0.25, 0.3) is 0 Å². The van der Waals surface area contributed by atoms with E-state index in [-0.39, 0.29) is 5.91 Å². The van der Waals surface area contributed by atoms with Gasteiger partial charge >= 0.3 is 0 Å². The second kappa shape index (κ2) is 9.38. The van der Waals surface area contributed by atoms with E-state index >= 15 is 0 Å². The Morgan fingerprint density at radius 3 is 2.04 bits per heavy atom. The first-order valence-electron chi connectivity index (χ1n) is 9.19. The molecule has 0 unspecified atom stereocenters. The van der Waals surface area contributed by atoms with Gasteiger partial charge in [-0.05, 0) is 36.2 Å². The van der Waals surface area contributed by atoms with Crippen LogP contribution in [0.15, 0.2) is 84.9 Å². The Balaban J connectivity index is 1.77. The summed E-state index contributed by atoms with van der Waals surface area (Å²) < 4.78 is 5.83. The molecule has 0 radical (unpaired) electrons. The van der Waals surface area contributed by atoms with E-state index in [0.717, 1.165) is 11.1 Å². The largest absolute Gasteiger partial charge is 0.481 e. The highest BCUT2D eigenvalue weighted by atomic mass is 16.5. The Hall–Kier alpha value is -3.58. The smallest absolute Gasteiger partial charge is 0.263 e. The Morgan fingerprint density at radius 1 is 0.929 bits per heavy atom. The van der Waals surface area contributed by atoms with Crippen LogP contribution in [0.1, 0.15) is 23.6 Å². The fourth-order valence-electron chi connectivity index (χ4n) is 2.97. The third-order valence-electron chi connectivity index (χ3n) is 4.37. The third-order valence-corrected chi connectivity index (χ3v) is 4.37. The van der Waals surface area contributed by atoms with Crippen LogP contribution in [0.3, 0.4) is 0 Å². The van der Waals surface area contributed by atoms with Crippen LogP contribution in [-0.2, 0) is 17.9 Å². The molecule has 0 heterocycles. The molecule has 0 aliphatic heterocycles. The first-order chi connectivity index (χ1) is 13.7.